The van der Waals surface area contributed by atoms with Crippen LogP contribution < -0.4 is 10.6 Å². The van der Waals surface area contributed by atoms with Crippen molar-refractivity contribution < 1.29 is 19.1 Å². The first-order valence-corrected chi connectivity index (χ1v) is 8.83. The molecule has 2 heterocycles. The van der Waals surface area contributed by atoms with E-state index < -0.39 is 11.8 Å². The van der Waals surface area contributed by atoms with Crippen LogP contribution in [0.4, 0.5) is 0 Å². The molecular weight excluding hydrogens is 330 g/mol. The van der Waals surface area contributed by atoms with Crippen LogP contribution in [0.1, 0.15) is 21.5 Å². The Balaban J connectivity index is 1.60. The third kappa shape index (κ3) is 6.03. The van der Waals surface area contributed by atoms with E-state index in [0.29, 0.717) is 44.1 Å². The number of morpholine rings is 1. The molecule has 2 rings (SSSR count). The highest BCUT2D eigenvalue weighted by atomic mass is 32.1. The highest BCUT2D eigenvalue weighted by molar-refractivity contribution is 7.14. The van der Waals surface area contributed by atoms with E-state index >= 15 is 0 Å². The van der Waals surface area contributed by atoms with Gasteiger partial charge in [0.25, 0.3) is 0 Å². The summed E-state index contributed by atoms with van der Waals surface area (Å²) in [5, 5.41) is 5.22. The van der Waals surface area contributed by atoms with E-state index in [1.165, 1.54) is 18.3 Å². The topological polar surface area (TPSA) is 87.7 Å². The summed E-state index contributed by atoms with van der Waals surface area (Å²) >= 11 is 1.41. The maximum Gasteiger partial charge on any atom is 0.309 e. The number of carbonyl (C=O) groups is 3. The maximum atomic E-state index is 11.7. The van der Waals surface area contributed by atoms with E-state index in [0.717, 1.165) is 18.0 Å². The van der Waals surface area contributed by atoms with Crippen molar-refractivity contribution in [1.82, 2.24) is 15.5 Å². The van der Waals surface area contributed by atoms with Gasteiger partial charge in [0.2, 0.25) is 0 Å². The summed E-state index contributed by atoms with van der Waals surface area (Å²) < 4.78 is 5.25. The third-order valence-electron chi connectivity index (χ3n) is 3.69. The molecular formula is C16H23N3O4S. The molecule has 1 fully saturated rings. The third-order valence-corrected chi connectivity index (χ3v) is 4.93. The number of amides is 2. The van der Waals surface area contributed by atoms with Crippen LogP contribution in [0, 0.1) is 0 Å². The van der Waals surface area contributed by atoms with Crippen molar-refractivity contribution in [2.45, 2.75) is 13.3 Å². The Hall–Kier alpha value is -1.77. The number of ketones is 1. The molecule has 8 heteroatoms. The van der Waals surface area contributed by atoms with Crippen LogP contribution in [0.25, 0.3) is 0 Å². The van der Waals surface area contributed by atoms with E-state index in [4.69, 9.17) is 4.74 Å². The van der Waals surface area contributed by atoms with Crippen molar-refractivity contribution in [3.8, 4) is 0 Å². The molecule has 0 unspecified atom stereocenters. The second kappa shape index (κ2) is 9.51. The smallest absolute Gasteiger partial charge is 0.309 e. The first-order chi connectivity index (χ1) is 11.6. The number of nitrogens with one attached hydrogen (secondary N) is 2. The second-order valence-corrected chi connectivity index (χ2v) is 6.71. The first kappa shape index (κ1) is 18.6. The van der Waals surface area contributed by atoms with E-state index in [2.05, 4.69) is 15.5 Å². The van der Waals surface area contributed by atoms with Gasteiger partial charge in [0, 0.05) is 37.6 Å². The molecule has 1 aromatic heterocycles. The second-order valence-electron chi connectivity index (χ2n) is 5.54. The fraction of sp³-hybridized carbons (Fsp3) is 0.562. The van der Waals surface area contributed by atoms with Crippen LogP contribution in [0.15, 0.2) is 12.1 Å². The average molecular weight is 353 g/mol. The van der Waals surface area contributed by atoms with Crippen molar-refractivity contribution in [3.63, 3.8) is 0 Å². The molecule has 1 aliphatic rings. The molecule has 0 aromatic carbocycles. The normalized spacial score (nSPS) is 15.0. The predicted molar refractivity (Wildman–Crippen MR) is 91.3 cm³/mol. The number of nitrogens with zero attached hydrogens (tertiary/aromatic N) is 1. The lowest BCUT2D eigenvalue weighted by Gasteiger charge is -2.26. The molecule has 0 atom stereocenters. The number of Topliss-reactive ketones (excluding diaryl/α,β-unsaturated/α-hetero) is 1. The molecule has 0 radical (unpaired) electrons. The molecule has 1 saturated heterocycles. The summed E-state index contributed by atoms with van der Waals surface area (Å²) in [5.41, 5.74) is 0. The Kier molecular flexibility index (Phi) is 7.36. The van der Waals surface area contributed by atoms with Crippen LogP contribution in [-0.2, 0) is 20.7 Å². The molecule has 132 valence electrons. The molecule has 2 amide bonds. The first-order valence-electron chi connectivity index (χ1n) is 8.02. The van der Waals surface area contributed by atoms with Crippen molar-refractivity contribution in [1.29, 1.82) is 0 Å². The molecule has 0 spiro atoms. The van der Waals surface area contributed by atoms with Crippen molar-refractivity contribution >= 4 is 28.9 Å². The standard InChI is InChI=1S/C16H23N3O4S/c1-12(20)14-3-2-13(24-14)4-5-17-15(21)16(22)18-6-7-19-8-10-23-11-9-19/h2-3H,4-11H2,1H3,(H,17,21)(H,18,22). The summed E-state index contributed by atoms with van der Waals surface area (Å²) in [7, 11) is 0. The fourth-order valence-corrected chi connectivity index (χ4v) is 3.22. The summed E-state index contributed by atoms with van der Waals surface area (Å²) in [5.74, 6) is -1.20. The minimum atomic E-state index is -0.625. The minimum Gasteiger partial charge on any atom is -0.379 e. The Morgan fingerprint density at radius 1 is 1.12 bits per heavy atom. The minimum absolute atomic E-state index is 0.0370. The van der Waals surface area contributed by atoms with Gasteiger partial charge in [0.15, 0.2) is 5.78 Å². The lowest BCUT2D eigenvalue weighted by Crippen LogP contribution is -2.45. The van der Waals surface area contributed by atoms with Crippen LogP contribution in [-0.4, -0.2) is 68.4 Å². The van der Waals surface area contributed by atoms with Gasteiger partial charge in [-0.2, -0.15) is 0 Å². The van der Waals surface area contributed by atoms with Gasteiger partial charge < -0.3 is 15.4 Å². The van der Waals surface area contributed by atoms with E-state index in [1.807, 2.05) is 6.07 Å². The molecule has 1 aromatic rings. The van der Waals surface area contributed by atoms with E-state index in [1.54, 1.807) is 6.07 Å². The van der Waals surface area contributed by atoms with Gasteiger partial charge in [-0.15, -0.1) is 11.3 Å². The van der Waals surface area contributed by atoms with E-state index in [9.17, 15) is 14.4 Å². The number of hydrogen-bond acceptors (Lipinski definition) is 6. The number of hydrogen-bond donors (Lipinski definition) is 2. The molecule has 24 heavy (non-hydrogen) atoms. The highest BCUT2D eigenvalue weighted by Crippen LogP contribution is 2.16. The van der Waals surface area contributed by atoms with Crippen LogP contribution in [0.3, 0.4) is 0 Å². The molecule has 0 aliphatic carbocycles. The van der Waals surface area contributed by atoms with Crippen LogP contribution >= 0.6 is 11.3 Å². The van der Waals surface area contributed by atoms with Gasteiger partial charge >= 0.3 is 11.8 Å². The van der Waals surface area contributed by atoms with Crippen LogP contribution in [0.2, 0.25) is 0 Å². The lowest BCUT2D eigenvalue weighted by molar-refractivity contribution is -0.139. The van der Waals surface area contributed by atoms with Gasteiger partial charge in [-0.1, -0.05) is 0 Å². The zero-order chi connectivity index (χ0) is 17.4. The Bertz CT molecular complexity index is 582. The largest absolute Gasteiger partial charge is 0.379 e. The van der Waals surface area contributed by atoms with Gasteiger partial charge in [-0.05, 0) is 25.5 Å². The lowest BCUT2D eigenvalue weighted by atomic mass is 10.3. The SMILES string of the molecule is CC(=O)c1ccc(CCNC(=O)C(=O)NCCN2CCOCC2)s1. The maximum absolute atomic E-state index is 11.7. The summed E-state index contributed by atoms with van der Waals surface area (Å²) in [6.07, 6.45) is 0.602. The number of thiophene rings is 1. The number of ether oxygens (including phenoxy) is 1. The number of rotatable bonds is 7. The van der Waals surface area contributed by atoms with Gasteiger partial charge in [-0.25, -0.2) is 0 Å². The van der Waals surface area contributed by atoms with E-state index in [-0.39, 0.29) is 5.78 Å². The molecule has 1 aliphatic heterocycles. The van der Waals surface area contributed by atoms with Gasteiger partial charge in [0.1, 0.15) is 0 Å². The highest BCUT2D eigenvalue weighted by Gasteiger charge is 2.14. The molecule has 2 N–H and O–H groups in total. The Morgan fingerprint density at radius 2 is 1.79 bits per heavy atom. The van der Waals surface area contributed by atoms with Crippen LogP contribution in [0.5, 0.6) is 0 Å². The quantitative estimate of drug-likeness (QED) is 0.535. The monoisotopic (exact) mass is 353 g/mol. The van der Waals surface area contributed by atoms with Gasteiger partial charge in [-0.3, -0.25) is 19.3 Å². The summed E-state index contributed by atoms with van der Waals surface area (Å²) in [6, 6.07) is 3.65. The Labute approximate surface area is 145 Å². The summed E-state index contributed by atoms with van der Waals surface area (Å²) in [6.45, 7) is 6.18. The van der Waals surface area contributed by atoms with Crippen molar-refractivity contribution in [3.05, 3.63) is 21.9 Å². The molecule has 0 saturated carbocycles. The van der Waals surface area contributed by atoms with Gasteiger partial charge in [0.05, 0.1) is 18.1 Å². The number of carbonyl (C=O) groups excluding carboxylic acids is 3. The molecule has 7 nitrogen and oxygen atoms in total. The summed E-state index contributed by atoms with van der Waals surface area (Å²) in [4.78, 5) is 38.6. The molecule has 0 bridgehead atoms. The average Bonchev–Trinajstić information content (AvgIpc) is 3.05. The van der Waals surface area contributed by atoms with Crippen molar-refractivity contribution in [2.24, 2.45) is 0 Å². The van der Waals surface area contributed by atoms with Crippen molar-refractivity contribution in [2.75, 3.05) is 45.9 Å². The Morgan fingerprint density at radius 3 is 2.42 bits per heavy atom. The zero-order valence-corrected chi connectivity index (χ0v) is 14.6. The predicted octanol–water partition coefficient (Wildman–Crippen LogP) is 0.0578. The zero-order valence-electron chi connectivity index (χ0n) is 13.8. The fourth-order valence-electron chi connectivity index (χ4n) is 2.31.